The fourth-order valence-corrected chi connectivity index (χ4v) is 3.77. The molecule has 1 unspecified atom stereocenters. The van der Waals surface area contributed by atoms with Gasteiger partial charge in [0.05, 0.1) is 24.9 Å². The predicted octanol–water partition coefficient (Wildman–Crippen LogP) is 3.15. The lowest BCUT2D eigenvalue weighted by Crippen LogP contribution is -2.30. The molecular weight excluding hydrogens is 260 g/mol. The van der Waals surface area contributed by atoms with Crippen LogP contribution >= 0.6 is 11.8 Å². The monoisotopic (exact) mass is 278 g/mol. The van der Waals surface area contributed by atoms with Gasteiger partial charge in [-0.25, -0.2) is 0 Å². The molecule has 1 N–H and O–H groups in total. The van der Waals surface area contributed by atoms with Gasteiger partial charge in [0, 0.05) is 4.90 Å². The molecule has 1 aliphatic carbocycles. The average molecular weight is 278 g/mol. The van der Waals surface area contributed by atoms with Crippen LogP contribution in [-0.4, -0.2) is 29.5 Å². The van der Waals surface area contributed by atoms with Crippen molar-refractivity contribution in [1.29, 1.82) is 0 Å². The molecule has 0 amide bonds. The van der Waals surface area contributed by atoms with E-state index in [-0.39, 0.29) is 12.3 Å². The van der Waals surface area contributed by atoms with Crippen molar-refractivity contribution in [1.82, 2.24) is 0 Å². The van der Waals surface area contributed by atoms with E-state index >= 15 is 0 Å². The minimum absolute atomic E-state index is 0.183. The van der Waals surface area contributed by atoms with E-state index in [0.717, 1.165) is 13.2 Å². The summed E-state index contributed by atoms with van der Waals surface area (Å²) in [4.78, 5) is 12.3. The van der Waals surface area contributed by atoms with Gasteiger partial charge in [-0.15, -0.1) is 11.8 Å². The van der Waals surface area contributed by atoms with Crippen molar-refractivity contribution >= 4 is 17.7 Å². The summed E-state index contributed by atoms with van der Waals surface area (Å²) in [5.74, 6) is 0.0568. The van der Waals surface area contributed by atoms with Crippen LogP contribution in [0.5, 0.6) is 0 Å². The first-order valence-electron chi connectivity index (χ1n) is 6.79. The van der Waals surface area contributed by atoms with Crippen molar-refractivity contribution in [2.24, 2.45) is 5.92 Å². The van der Waals surface area contributed by atoms with Gasteiger partial charge in [-0.2, -0.15) is 0 Å². The van der Waals surface area contributed by atoms with Crippen LogP contribution in [0, 0.1) is 5.92 Å². The molecule has 2 aliphatic rings. The maximum absolute atomic E-state index is 11.1. The molecule has 2 fully saturated rings. The van der Waals surface area contributed by atoms with Gasteiger partial charge in [0.1, 0.15) is 0 Å². The van der Waals surface area contributed by atoms with Gasteiger partial charge in [-0.05, 0) is 36.3 Å². The van der Waals surface area contributed by atoms with E-state index in [1.807, 2.05) is 23.9 Å². The van der Waals surface area contributed by atoms with E-state index in [1.165, 1.54) is 23.3 Å². The SMILES string of the molecule is O=C(O)CC(c1ccccc1SC1COC1)C1CC1. The van der Waals surface area contributed by atoms with Gasteiger partial charge in [0.25, 0.3) is 0 Å². The summed E-state index contributed by atoms with van der Waals surface area (Å²) in [6.45, 7) is 1.62. The summed E-state index contributed by atoms with van der Waals surface area (Å²) in [5.41, 5.74) is 1.23. The normalized spacial score (nSPS) is 20.8. The molecule has 3 nitrogen and oxygen atoms in total. The van der Waals surface area contributed by atoms with E-state index in [4.69, 9.17) is 9.84 Å². The van der Waals surface area contributed by atoms with Crippen molar-refractivity contribution in [2.75, 3.05) is 13.2 Å². The lowest BCUT2D eigenvalue weighted by molar-refractivity contribution is -0.137. The number of ether oxygens (including phenoxy) is 1. The number of hydrogen-bond donors (Lipinski definition) is 1. The van der Waals surface area contributed by atoms with Crippen LogP contribution in [0.25, 0.3) is 0 Å². The van der Waals surface area contributed by atoms with Gasteiger partial charge in [0.15, 0.2) is 0 Å². The Morgan fingerprint density at radius 2 is 2.11 bits per heavy atom. The second kappa shape index (κ2) is 5.55. The van der Waals surface area contributed by atoms with E-state index in [0.29, 0.717) is 11.2 Å². The lowest BCUT2D eigenvalue weighted by atomic mass is 9.91. The molecular formula is C15H18O3S. The topological polar surface area (TPSA) is 46.5 Å². The Morgan fingerprint density at radius 1 is 1.37 bits per heavy atom. The number of rotatable bonds is 6. The van der Waals surface area contributed by atoms with E-state index in [2.05, 4.69) is 12.1 Å². The van der Waals surface area contributed by atoms with Crippen molar-refractivity contribution in [3.63, 3.8) is 0 Å². The van der Waals surface area contributed by atoms with E-state index < -0.39 is 5.97 Å². The first-order valence-corrected chi connectivity index (χ1v) is 7.67. The minimum atomic E-state index is -0.691. The van der Waals surface area contributed by atoms with Gasteiger partial charge >= 0.3 is 5.97 Å². The Bertz CT molecular complexity index is 466. The van der Waals surface area contributed by atoms with Gasteiger partial charge in [-0.1, -0.05) is 18.2 Å². The summed E-state index contributed by atoms with van der Waals surface area (Å²) in [6.07, 6.45) is 2.59. The molecule has 0 spiro atoms. The predicted molar refractivity (Wildman–Crippen MR) is 74.6 cm³/mol. The molecule has 1 aromatic rings. The van der Waals surface area contributed by atoms with Gasteiger partial charge < -0.3 is 9.84 Å². The van der Waals surface area contributed by atoms with Gasteiger partial charge in [0.2, 0.25) is 0 Å². The van der Waals surface area contributed by atoms with Gasteiger partial charge in [-0.3, -0.25) is 4.79 Å². The molecule has 1 saturated carbocycles. The molecule has 1 aliphatic heterocycles. The largest absolute Gasteiger partial charge is 0.481 e. The summed E-state index contributed by atoms with van der Waals surface area (Å²) in [5, 5.41) is 9.66. The smallest absolute Gasteiger partial charge is 0.303 e. The first kappa shape index (κ1) is 13.0. The highest BCUT2D eigenvalue weighted by molar-refractivity contribution is 8.00. The standard InChI is InChI=1S/C15H18O3S/c16-15(17)7-13(10-5-6-10)12-3-1-2-4-14(12)19-11-8-18-9-11/h1-4,10-11,13H,5-9H2,(H,16,17). The molecule has 1 aromatic carbocycles. The van der Waals surface area contributed by atoms with Crippen LogP contribution < -0.4 is 0 Å². The number of carboxylic acids is 1. The number of benzene rings is 1. The van der Waals surface area contributed by atoms with Crippen LogP contribution in [-0.2, 0) is 9.53 Å². The van der Waals surface area contributed by atoms with E-state index in [1.54, 1.807) is 0 Å². The Morgan fingerprint density at radius 3 is 2.68 bits per heavy atom. The average Bonchev–Trinajstić information content (AvgIpc) is 3.15. The Kier molecular flexibility index (Phi) is 3.80. The molecule has 0 radical (unpaired) electrons. The zero-order valence-electron chi connectivity index (χ0n) is 10.7. The summed E-state index contributed by atoms with van der Waals surface area (Å²) < 4.78 is 5.22. The number of thioether (sulfide) groups is 1. The maximum Gasteiger partial charge on any atom is 0.303 e. The summed E-state index contributed by atoms with van der Waals surface area (Å²) in [6, 6.07) is 8.29. The van der Waals surface area contributed by atoms with Crippen LogP contribution in [0.2, 0.25) is 0 Å². The zero-order valence-corrected chi connectivity index (χ0v) is 11.6. The minimum Gasteiger partial charge on any atom is -0.481 e. The summed E-state index contributed by atoms with van der Waals surface area (Å²) in [7, 11) is 0. The molecule has 1 atom stereocenters. The number of carboxylic acid groups (broad SMARTS) is 1. The molecule has 1 saturated heterocycles. The van der Waals surface area contributed by atoms with Crippen LogP contribution in [0.3, 0.4) is 0 Å². The van der Waals surface area contributed by atoms with Crippen LogP contribution in [0.15, 0.2) is 29.2 Å². The molecule has 0 aromatic heterocycles. The summed E-state index contributed by atoms with van der Waals surface area (Å²) >= 11 is 1.84. The fourth-order valence-electron chi connectivity index (χ4n) is 2.57. The van der Waals surface area contributed by atoms with Crippen LogP contribution in [0.4, 0.5) is 0 Å². The molecule has 3 rings (SSSR count). The van der Waals surface area contributed by atoms with Crippen molar-refractivity contribution in [2.45, 2.75) is 35.3 Å². The quantitative estimate of drug-likeness (QED) is 0.868. The number of hydrogen-bond acceptors (Lipinski definition) is 3. The molecule has 4 heteroatoms. The second-order valence-electron chi connectivity index (χ2n) is 5.36. The van der Waals surface area contributed by atoms with E-state index in [9.17, 15) is 4.79 Å². The third-order valence-electron chi connectivity index (χ3n) is 3.81. The lowest BCUT2D eigenvalue weighted by Gasteiger charge is -2.27. The Labute approximate surface area is 117 Å². The Balaban J connectivity index is 1.81. The highest BCUT2D eigenvalue weighted by Gasteiger charge is 2.35. The maximum atomic E-state index is 11.1. The first-order chi connectivity index (χ1) is 9.24. The molecule has 0 bridgehead atoms. The Hall–Kier alpha value is -1.00. The zero-order chi connectivity index (χ0) is 13.2. The molecule has 1 heterocycles. The fraction of sp³-hybridized carbons (Fsp3) is 0.533. The third-order valence-corrected chi connectivity index (χ3v) is 5.04. The molecule has 102 valence electrons. The highest BCUT2D eigenvalue weighted by Crippen LogP contribution is 2.47. The van der Waals surface area contributed by atoms with Crippen molar-refractivity contribution in [3.05, 3.63) is 29.8 Å². The highest BCUT2D eigenvalue weighted by atomic mass is 32.2. The number of carbonyl (C=O) groups is 1. The van der Waals surface area contributed by atoms with Crippen LogP contribution in [0.1, 0.15) is 30.7 Å². The van der Waals surface area contributed by atoms with Crippen molar-refractivity contribution < 1.29 is 14.6 Å². The third kappa shape index (κ3) is 3.12. The number of aliphatic carboxylic acids is 1. The van der Waals surface area contributed by atoms with Crippen molar-refractivity contribution in [3.8, 4) is 0 Å². The molecule has 19 heavy (non-hydrogen) atoms. The second-order valence-corrected chi connectivity index (χ2v) is 6.70.